The Balaban J connectivity index is 2.08. The highest BCUT2D eigenvalue weighted by atomic mass is 35.5. The third-order valence-corrected chi connectivity index (χ3v) is 3.57. The zero-order chi connectivity index (χ0) is 13.4. The van der Waals surface area contributed by atoms with E-state index in [1.165, 1.54) is 12.1 Å². The van der Waals surface area contributed by atoms with E-state index in [4.69, 9.17) is 17.3 Å². The summed E-state index contributed by atoms with van der Waals surface area (Å²) >= 11 is 6.16. The van der Waals surface area contributed by atoms with Crippen LogP contribution in [-0.2, 0) is 6.54 Å². The van der Waals surface area contributed by atoms with Gasteiger partial charge in [0.1, 0.15) is 5.82 Å². The molecule has 0 bridgehead atoms. The summed E-state index contributed by atoms with van der Waals surface area (Å²) in [6.45, 7) is 0.526. The van der Waals surface area contributed by atoms with Gasteiger partial charge >= 0.3 is 0 Å². The van der Waals surface area contributed by atoms with Crippen LogP contribution in [0, 0.1) is 5.82 Å². The number of nitrogen functional groups attached to an aromatic ring is 1. The van der Waals surface area contributed by atoms with Gasteiger partial charge in [-0.25, -0.2) is 4.39 Å². The second-order valence-electron chi connectivity index (χ2n) is 4.45. The lowest BCUT2D eigenvalue weighted by Crippen LogP contribution is -2.02. The van der Waals surface area contributed by atoms with Gasteiger partial charge in [0, 0.05) is 22.5 Å². The first kappa shape index (κ1) is 12.1. The molecule has 0 radical (unpaired) electrons. The van der Waals surface area contributed by atoms with Gasteiger partial charge in [0.2, 0.25) is 0 Å². The van der Waals surface area contributed by atoms with E-state index in [1.807, 2.05) is 29.0 Å². The highest BCUT2D eigenvalue weighted by Crippen LogP contribution is 2.25. The van der Waals surface area contributed by atoms with Crippen molar-refractivity contribution in [1.29, 1.82) is 0 Å². The van der Waals surface area contributed by atoms with E-state index >= 15 is 0 Å². The lowest BCUT2D eigenvalue weighted by atomic mass is 10.1. The number of halogens is 2. The highest BCUT2D eigenvalue weighted by molar-refractivity contribution is 6.31. The molecule has 0 atom stereocenters. The molecule has 0 aliphatic carbocycles. The normalized spacial score (nSPS) is 11.1. The number of rotatable bonds is 2. The quantitative estimate of drug-likeness (QED) is 0.702. The first-order chi connectivity index (χ1) is 9.15. The van der Waals surface area contributed by atoms with E-state index in [0.29, 0.717) is 17.3 Å². The van der Waals surface area contributed by atoms with Gasteiger partial charge in [-0.1, -0.05) is 17.7 Å². The van der Waals surface area contributed by atoms with Gasteiger partial charge in [-0.05, 0) is 41.8 Å². The number of anilines is 1. The second kappa shape index (κ2) is 4.59. The number of nitrogens with zero attached hydrogens (tertiary/aromatic N) is 1. The fourth-order valence-corrected chi connectivity index (χ4v) is 2.45. The van der Waals surface area contributed by atoms with Gasteiger partial charge < -0.3 is 10.3 Å². The number of nitrogens with two attached hydrogens (primary N) is 1. The lowest BCUT2D eigenvalue weighted by molar-refractivity contribution is 0.628. The number of aromatic nitrogens is 1. The van der Waals surface area contributed by atoms with Gasteiger partial charge in [-0.3, -0.25) is 0 Å². The summed E-state index contributed by atoms with van der Waals surface area (Å²) in [6.07, 6.45) is 1.91. The zero-order valence-corrected chi connectivity index (χ0v) is 10.9. The number of hydrogen-bond acceptors (Lipinski definition) is 1. The molecule has 2 nitrogen and oxygen atoms in total. The van der Waals surface area contributed by atoms with Gasteiger partial charge in [-0.2, -0.15) is 0 Å². The van der Waals surface area contributed by atoms with Gasteiger partial charge in [-0.15, -0.1) is 0 Å². The molecule has 96 valence electrons. The summed E-state index contributed by atoms with van der Waals surface area (Å²) in [7, 11) is 0. The molecule has 1 heterocycles. The lowest BCUT2D eigenvalue weighted by Gasteiger charge is -2.10. The molecule has 3 aromatic rings. The van der Waals surface area contributed by atoms with Crippen molar-refractivity contribution in [3.8, 4) is 0 Å². The van der Waals surface area contributed by atoms with Crippen LogP contribution >= 0.6 is 11.6 Å². The zero-order valence-electron chi connectivity index (χ0n) is 10.1. The maximum atomic E-state index is 13.3. The monoisotopic (exact) mass is 274 g/mol. The Bertz CT molecular complexity index is 729. The van der Waals surface area contributed by atoms with Crippen LogP contribution in [0.3, 0.4) is 0 Å². The molecule has 0 unspecified atom stereocenters. The minimum atomic E-state index is -0.250. The van der Waals surface area contributed by atoms with Crippen LogP contribution < -0.4 is 5.73 Å². The molecule has 2 aromatic carbocycles. The van der Waals surface area contributed by atoms with E-state index in [9.17, 15) is 4.39 Å². The standard InChI is InChI=1S/C15H12ClFN2/c16-13-2-1-3-14(18)12(13)9-19-7-6-10-4-5-11(17)8-15(10)19/h1-8H,9,18H2. The Kier molecular flexibility index (Phi) is 2.91. The minimum absolute atomic E-state index is 0.250. The number of benzene rings is 2. The molecule has 0 spiro atoms. The van der Waals surface area contributed by atoms with Crippen molar-refractivity contribution in [1.82, 2.24) is 4.57 Å². The average molecular weight is 275 g/mol. The minimum Gasteiger partial charge on any atom is -0.398 e. The fourth-order valence-electron chi connectivity index (χ4n) is 2.21. The van der Waals surface area contributed by atoms with Crippen molar-refractivity contribution in [3.63, 3.8) is 0 Å². The molecule has 0 saturated heterocycles. The van der Waals surface area contributed by atoms with Crippen molar-refractivity contribution in [3.05, 3.63) is 65.1 Å². The maximum Gasteiger partial charge on any atom is 0.125 e. The molecule has 4 heteroatoms. The second-order valence-corrected chi connectivity index (χ2v) is 4.86. The van der Waals surface area contributed by atoms with E-state index in [0.717, 1.165) is 16.5 Å². The van der Waals surface area contributed by atoms with Crippen LogP contribution in [0.1, 0.15) is 5.56 Å². The highest BCUT2D eigenvalue weighted by Gasteiger charge is 2.08. The van der Waals surface area contributed by atoms with Crippen LogP contribution in [0.2, 0.25) is 5.02 Å². The smallest absolute Gasteiger partial charge is 0.125 e. The number of hydrogen-bond donors (Lipinski definition) is 1. The molecule has 0 amide bonds. The SMILES string of the molecule is Nc1cccc(Cl)c1Cn1ccc2ccc(F)cc21. The van der Waals surface area contributed by atoms with Crippen LogP contribution in [0.5, 0.6) is 0 Å². The Labute approximate surface area is 115 Å². The molecule has 1 aromatic heterocycles. The third kappa shape index (κ3) is 2.17. The summed E-state index contributed by atoms with van der Waals surface area (Å²) in [5.41, 5.74) is 8.27. The van der Waals surface area contributed by atoms with Crippen LogP contribution in [0.4, 0.5) is 10.1 Å². The van der Waals surface area contributed by atoms with Gasteiger partial charge in [0.15, 0.2) is 0 Å². The molecule has 0 fully saturated rings. The Hall–Kier alpha value is -2.00. The molecule has 2 N–H and O–H groups in total. The van der Waals surface area contributed by atoms with Crippen LogP contribution in [-0.4, -0.2) is 4.57 Å². The van der Waals surface area contributed by atoms with Crippen molar-refractivity contribution in [2.24, 2.45) is 0 Å². The van der Waals surface area contributed by atoms with Crippen molar-refractivity contribution in [2.45, 2.75) is 6.54 Å². The summed E-state index contributed by atoms with van der Waals surface area (Å²) < 4.78 is 15.3. The summed E-state index contributed by atoms with van der Waals surface area (Å²) in [5.74, 6) is -0.250. The summed E-state index contributed by atoms with van der Waals surface area (Å²) in [5, 5.41) is 1.62. The van der Waals surface area contributed by atoms with E-state index in [2.05, 4.69) is 0 Å². The molecule has 19 heavy (non-hydrogen) atoms. The molecule has 0 saturated carbocycles. The van der Waals surface area contributed by atoms with Crippen molar-refractivity contribution < 1.29 is 4.39 Å². The van der Waals surface area contributed by atoms with E-state index in [1.54, 1.807) is 12.1 Å². The topological polar surface area (TPSA) is 30.9 Å². The van der Waals surface area contributed by atoms with Gasteiger partial charge in [0.25, 0.3) is 0 Å². The first-order valence-corrected chi connectivity index (χ1v) is 6.30. The Morgan fingerprint density at radius 3 is 2.79 bits per heavy atom. The molecular formula is C15H12ClFN2. The largest absolute Gasteiger partial charge is 0.398 e. The summed E-state index contributed by atoms with van der Waals surface area (Å²) in [4.78, 5) is 0. The average Bonchev–Trinajstić information content (AvgIpc) is 2.76. The number of fused-ring (bicyclic) bond motifs is 1. The predicted octanol–water partition coefficient (Wildman–Crippen LogP) is 4.06. The van der Waals surface area contributed by atoms with Crippen LogP contribution in [0.25, 0.3) is 10.9 Å². The third-order valence-electron chi connectivity index (χ3n) is 3.22. The Morgan fingerprint density at radius 2 is 2.00 bits per heavy atom. The fraction of sp³-hybridized carbons (Fsp3) is 0.0667. The molecule has 3 rings (SSSR count). The Morgan fingerprint density at radius 1 is 1.16 bits per heavy atom. The van der Waals surface area contributed by atoms with E-state index in [-0.39, 0.29) is 5.82 Å². The molecular weight excluding hydrogens is 263 g/mol. The molecule has 0 aliphatic heterocycles. The maximum absolute atomic E-state index is 13.3. The van der Waals surface area contributed by atoms with Crippen molar-refractivity contribution in [2.75, 3.05) is 5.73 Å². The van der Waals surface area contributed by atoms with Crippen LogP contribution in [0.15, 0.2) is 48.7 Å². The van der Waals surface area contributed by atoms with Crippen molar-refractivity contribution >= 4 is 28.2 Å². The first-order valence-electron chi connectivity index (χ1n) is 5.92. The summed E-state index contributed by atoms with van der Waals surface area (Å²) in [6, 6.07) is 12.1. The predicted molar refractivity (Wildman–Crippen MR) is 76.9 cm³/mol. The van der Waals surface area contributed by atoms with E-state index < -0.39 is 0 Å². The van der Waals surface area contributed by atoms with Gasteiger partial charge in [0.05, 0.1) is 12.1 Å². The molecule has 0 aliphatic rings.